The molecule has 8 nitrogen and oxygen atoms in total. The fourth-order valence-corrected chi connectivity index (χ4v) is 2.10. The van der Waals surface area contributed by atoms with E-state index in [2.05, 4.69) is 4.74 Å². The van der Waals surface area contributed by atoms with Gasteiger partial charge in [-0.1, -0.05) is 0 Å². The lowest BCUT2D eigenvalue weighted by Gasteiger charge is -2.52. The van der Waals surface area contributed by atoms with Crippen LogP contribution in [0.25, 0.3) is 0 Å². The van der Waals surface area contributed by atoms with Gasteiger partial charge in [0.2, 0.25) is 17.2 Å². The molecule has 21 heavy (non-hydrogen) atoms. The molecule has 0 unspecified atom stereocenters. The van der Waals surface area contributed by atoms with E-state index in [1.165, 1.54) is 28.4 Å². The number of ether oxygens (including phenoxy) is 6. The van der Waals surface area contributed by atoms with Gasteiger partial charge >= 0.3 is 11.9 Å². The first kappa shape index (κ1) is 17.8. The average Bonchev–Trinajstić information content (AvgIpc) is 2.50. The molecule has 122 valence electrons. The summed E-state index contributed by atoms with van der Waals surface area (Å²) in [5.74, 6) is -4.07. The Kier molecular flexibility index (Phi) is 5.32. The number of carbonyl (C=O) groups is 2. The Balaban J connectivity index is 3.18. The highest BCUT2D eigenvalue weighted by molar-refractivity contribution is 5.86. The third-order valence-electron chi connectivity index (χ3n) is 3.79. The van der Waals surface area contributed by atoms with Crippen LogP contribution >= 0.6 is 0 Å². The summed E-state index contributed by atoms with van der Waals surface area (Å²) in [4.78, 5) is 23.7. The van der Waals surface area contributed by atoms with Gasteiger partial charge in [-0.2, -0.15) is 0 Å². The van der Waals surface area contributed by atoms with Crippen LogP contribution in [0.3, 0.4) is 0 Å². The smallest absolute Gasteiger partial charge is 0.341 e. The molecular formula is C13H22O8. The summed E-state index contributed by atoms with van der Waals surface area (Å²) < 4.78 is 31.3. The van der Waals surface area contributed by atoms with Crippen molar-refractivity contribution in [1.82, 2.24) is 0 Å². The van der Waals surface area contributed by atoms with Gasteiger partial charge in [0.05, 0.1) is 27.2 Å². The maximum Gasteiger partial charge on any atom is 0.341 e. The third kappa shape index (κ3) is 3.03. The zero-order valence-electron chi connectivity index (χ0n) is 13.2. The van der Waals surface area contributed by atoms with Crippen molar-refractivity contribution in [2.24, 2.45) is 0 Å². The van der Waals surface area contributed by atoms with Gasteiger partial charge in [0.15, 0.2) is 0 Å². The minimum Gasteiger partial charge on any atom is -0.469 e. The second kappa shape index (κ2) is 6.27. The van der Waals surface area contributed by atoms with Crippen LogP contribution in [0.15, 0.2) is 0 Å². The number of hydrogen-bond donors (Lipinski definition) is 0. The van der Waals surface area contributed by atoms with Crippen LogP contribution in [0.4, 0.5) is 0 Å². The molecule has 3 atom stereocenters. The molecule has 1 fully saturated rings. The van der Waals surface area contributed by atoms with Crippen LogP contribution in [0.1, 0.15) is 20.3 Å². The molecule has 1 aliphatic heterocycles. The normalized spacial score (nSPS) is 36.1. The first-order chi connectivity index (χ1) is 9.72. The maximum atomic E-state index is 12.1. The molecule has 8 heteroatoms. The van der Waals surface area contributed by atoms with E-state index in [1.807, 2.05) is 0 Å². The summed E-state index contributed by atoms with van der Waals surface area (Å²) >= 11 is 0. The first-order valence-corrected chi connectivity index (χ1v) is 6.32. The van der Waals surface area contributed by atoms with Gasteiger partial charge in [0, 0.05) is 14.2 Å². The van der Waals surface area contributed by atoms with Crippen LogP contribution in [-0.2, 0) is 38.0 Å². The Morgan fingerprint density at radius 1 is 1.00 bits per heavy atom. The van der Waals surface area contributed by atoms with Crippen LogP contribution in [0, 0.1) is 0 Å². The molecule has 0 spiro atoms. The minimum atomic E-state index is -1.66. The highest BCUT2D eigenvalue weighted by atomic mass is 16.8. The quantitative estimate of drug-likeness (QED) is 0.667. The molecule has 1 heterocycles. The molecule has 0 N–H and O–H groups in total. The van der Waals surface area contributed by atoms with Crippen molar-refractivity contribution >= 4 is 11.9 Å². The molecule has 0 aliphatic carbocycles. The lowest BCUT2D eigenvalue weighted by atomic mass is 9.95. The lowest BCUT2D eigenvalue weighted by Crippen LogP contribution is -2.69. The summed E-state index contributed by atoms with van der Waals surface area (Å²) in [5.41, 5.74) is -1.66. The van der Waals surface area contributed by atoms with E-state index in [4.69, 9.17) is 23.7 Å². The van der Waals surface area contributed by atoms with E-state index >= 15 is 0 Å². The summed E-state index contributed by atoms with van der Waals surface area (Å²) in [6.45, 7) is 2.92. The second-order valence-electron chi connectivity index (χ2n) is 4.93. The van der Waals surface area contributed by atoms with Crippen molar-refractivity contribution < 1.29 is 38.0 Å². The first-order valence-electron chi connectivity index (χ1n) is 6.32. The van der Waals surface area contributed by atoms with Gasteiger partial charge in [-0.15, -0.1) is 0 Å². The fourth-order valence-electron chi connectivity index (χ4n) is 2.10. The number of hydrogen-bond acceptors (Lipinski definition) is 8. The van der Waals surface area contributed by atoms with Crippen molar-refractivity contribution in [2.75, 3.05) is 35.0 Å². The molecular weight excluding hydrogens is 284 g/mol. The van der Waals surface area contributed by atoms with Gasteiger partial charge in [0.25, 0.3) is 0 Å². The van der Waals surface area contributed by atoms with Crippen molar-refractivity contribution in [3.05, 3.63) is 0 Å². The van der Waals surface area contributed by atoms with Crippen LogP contribution in [-0.4, -0.2) is 64.2 Å². The largest absolute Gasteiger partial charge is 0.469 e. The molecule has 1 saturated heterocycles. The van der Waals surface area contributed by atoms with Crippen LogP contribution in [0.2, 0.25) is 0 Å². The van der Waals surface area contributed by atoms with Gasteiger partial charge < -0.3 is 28.4 Å². The Bertz CT molecular complexity index is 411. The fraction of sp³-hybridized carbons (Fsp3) is 0.846. The minimum absolute atomic E-state index is 0.238. The van der Waals surface area contributed by atoms with E-state index in [-0.39, 0.29) is 13.0 Å². The summed E-state index contributed by atoms with van der Waals surface area (Å²) in [6, 6.07) is 0. The monoisotopic (exact) mass is 306 g/mol. The van der Waals surface area contributed by atoms with E-state index in [1.54, 1.807) is 13.8 Å². The molecule has 0 aromatic heterocycles. The van der Waals surface area contributed by atoms with E-state index in [0.717, 1.165) is 0 Å². The number of esters is 2. The number of rotatable bonds is 5. The summed E-state index contributed by atoms with van der Waals surface area (Å²) in [5, 5.41) is 0. The van der Waals surface area contributed by atoms with Gasteiger partial charge in [0.1, 0.15) is 0 Å². The third-order valence-corrected chi connectivity index (χ3v) is 3.79. The SMILES string of the molecule is COC(=O)C[C@@]1(C(=O)OC)CO[C@@](C)(OC)[C@](C)(OC)O1. The van der Waals surface area contributed by atoms with Gasteiger partial charge in [-0.05, 0) is 13.8 Å². The summed E-state index contributed by atoms with van der Waals surface area (Å²) in [6.07, 6.45) is -0.366. The Labute approximate surface area is 123 Å². The molecule has 0 amide bonds. The van der Waals surface area contributed by atoms with Crippen molar-refractivity contribution in [1.29, 1.82) is 0 Å². The lowest BCUT2D eigenvalue weighted by molar-refractivity contribution is -0.445. The van der Waals surface area contributed by atoms with Crippen molar-refractivity contribution in [3.63, 3.8) is 0 Å². The Morgan fingerprint density at radius 3 is 2.00 bits per heavy atom. The summed E-state index contributed by atoms with van der Waals surface area (Å²) in [7, 11) is 5.21. The van der Waals surface area contributed by atoms with E-state index in [9.17, 15) is 9.59 Å². The van der Waals surface area contributed by atoms with E-state index < -0.39 is 29.1 Å². The van der Waals surface area contributed by atoms with Crippen molar-refractivity contribution in [2.45, 2.75) is 37.4 Å². The molecule has 0 aromatic rings. The Morgan fingerprint density at radius 2 is 1.57 bits per heavy atom. The topological polar surface area (TPSA) is 89.5 Å². The Hall–Kier alpha value is -1.22. The van der Waals surface area contributed by atoms with Crippen LogP contribution < -0.4 is 0 Å². The van der Waals surface area contributed by atoms with E-state index in [0.29, 0.717) is 0 Å². The molecule has 0 aromatic carbocycles. The van der Waals surface area contributed by atoms with Gasteiger partial charge in [-0.3, -0.25) is 4.79 Å². The zero-order chi connectivity index (χ0) is 16.3. The van der Waals surface area contributed by atoms with Crippen LogP contribution in [0.5, 0.6) is 0 Å². The molecule has 0 saturated carbocycles. The predicted molar refractivity (Wildman–Crippen MR) is 69.2 cm³/mol. The second-order valence-corrected chi connectivity index (χ2v) is 4.93. The van der Waals surface area contributed by atoms with Gasteiger partial charge in [-0.25, -0.2) is 4.79 Å². The molecule has 0 radical (unpaired) electrons. The standard InChI is InChI=1S/C13H22O8/c1-11(18-5)12(2,19-6)21-13(8-20-11,10(15)17-4)7-9(14)16-3/h7-8H2,1-6H3/t11-,12-,13+/m1/s1. The molecule has 0 bridgehead atoms. The highest BCUT2D eigenvalue weighted by Crippen LogP contribution is 2.42. The predicted octanol–water partition coefficient (Wildman–Crippen LogP) is 0.233. The molecule has 1 aliphatic rings. The average molecular weight is 306 g/mol. The zero-order valence-corrected chi connectivity index (χ0v) is 13.2. The molecule has 1 rings (SSSR count). The number of methoxy groups -OCH3 is 4. The maximum absolute atomic E-state index is 12.1. The number of carbonyl (C=O) groups excluding carboxylic acids is 2. The highest BCUT2D eigenvalue weighted by Gasteiger charge is 2.62. The van der Waals surface area contributed by atoms with Crippen molar-refractivity contribution in [3.8, 4) is 0 Å².